The van der Waals surface area contributed by atoms with E-state index in [-0.39, 0.29) is 0 Å². The van der Waals surface area contributed by atoms with Crippen LogP contribution in [0.25, 0.3) is 10.9 Å². The Morgan fingerprint density at radius 2 is 2.32 bits per heavy atom. The molecule has 5 nitrogen and oxygen atoms in total. The lowest BCUT2D eigenvalue weighted by molar-refractivity contribution is 0.0594. The van der Waals surface area contributed by atoms with Gasteiger partial charge in [0.25, 0.3) is 0 Å². The standard InChI is InChI=1S/C14H18N4O/c15-9-3-4-11-10(8-9)14-16-6-5-12(18(14)17-11)13-2-1-7-19-13/h3-4,8,12-13,16H,1-2,5-7,15H2. The normalized spacial score (nSPS) is 26.3. The third-order valence-corrected chi connectivity index (χ3v) is 4.16. The second-order valence-electron chi connectivity index (χ2n) is 5.40. The molecule has 0 radical (unpaired) electrons. The Kier molecular flexibility index (Phi) is 2.41. The monoisotopic (exact) mass is 258 g/mol. The number of nitrogens with zero attached hydrogens (tertiary/aromatic N) is 2. The quantitative estimate of drug-likeness (QED) is 0.769. The summed E-state index contributed by atoms with van der Waals surface area (Å²) in [6.45, 7) is 1.86. The first kappa shape index (κ1) is 11.1. The molecule has 4 rings (SSSR count). The van der Waals surface area contributed by atoms with E-state index in [0.717, 1.165) is 54.8 Å². The Bertz CT molecular complexity index is 615. The molecule has 2 aliphatic heterocycles. The van der Waals surface area contributed by atoms with Gasteiger partial charge in [0.2, 0.25) is 0 Å². The van der Waals surface area contributed by atoms with Gasteiger partial charge < -0.3 is 15.8 Å². The van der Waals surface area contributed by atoms with Gasteiger partial charge in [-0.25, -0.2) is 4.68 Å². The van der Waals surface area contributed by atoms with E-state index in [2.05, 4.69) is 10.00 Å². The van der Waals surface area contributed by atoms with Gasteiger partial charge in [-0.2, -0.15) is 5.10 Å². The van der Waals surface area contributed by atoms with Crippen LogP contribution in [0.5, 0.6) is 0 Å². The van der Waals surface area contributed by atoms with Crippen molar-refractivity contribution in [2.24, 2.45) is 0 Å². The van der Waals surface area contributed by atoms with Crippen molar-refractivity contribution in [1.82, 2.24) is 9.78 Å². The lowest BCUT2D eigenvalue weighted by Gasteiger charge is -2.29. The Labute approximate surface area is 111 Å². The summed E-state index contributed by atoms with van der Waals surface area (Å²) < 4.78 is 7.97. The number of fused-ring (bicyclic) bond motifs is 3. The van der Waals surface area contributed by atoms with Crippen LogP contribution in [0.15, 0.2) is 18.2 Å². The van der Waals surface area contributed by atoms with E-state index >= 15 is 0 Å². The van der Waals surface area contributed by atoms with Crippen LogP contribution in [-0.4, -0.2) is 29.0 Å². The predicted octanol–water partition coefficient (Wildman–Crippen LogP) is 2.15. The zero-order chi connectivity index (χ0) is 12.8. The van der Waals surface area contributed by atoms with E-state index in [1.807, 2.05) is 18.2 Å². The molecule has 0 spiro atoms. The van der Waals surface area contributed by atoms with Crippen molar-refractivity contribution in [3.05, 3.63) is 18.2 Å². The number of nitrogens with one attached hydrogen (secondary N) is 1. The SMILES string of the molecule is Nc1ccc2nn3c(c2c1)NCCC3C1CCCO1. The highest BCUT2D eigenvalue weighted by Crippen LogP contribution is 2.36. The molecule has 3 heterocycles. The minimum atomic E-state index is 0.313. The molecular formula is C14H18N4O. The first-order chi connectivity index (χ1) is 9.33. The van der Waals surface area contributed by atoms with Crippen LogP contribution >= 0.6 is 0 Å². The van der Waals surface area contributed by atoms with Gasteiger partial charge in [-0.05, 0) is 37.5 Å². The van der Waals surface area contributed by atoms with Gasteiger partial charge in [0.15, 0.2) is 0 Å². The Morgan fingerprint density at radius 1 is 1.37 bits per heavy atom. The molecule has 2 aliphatic rings. The van der Waals surface area contributed by atoms with Gasteiger partial charge in [-0.3, -0.25) is 0 Å². The topological polar surface area (TPSA) is 65.1 Å². The lowest BCUT2D eigenvalue weighted by atomic mass is 10.0. The fourth-order valence-corrected chi connectivity index (χ4v) is 3.25. The molecular weight excluding hydrogens is 240 g/mol. The molecule has 1 saturated heterocycles. The van der Waals surface area contributed by atoms with Crippen molar-refractivity contribution in [1.29, 1.82) is 0 Å². The molecule has 0 aliphatic carbocycles. The van der Waals surface area contributed by atoms with Gasteiger partial charge in [-0.1, -0.05) is 0 Å². The molecule has 0 saturated carbocycles. The maximum Gasteiger partial charge on any atom is 0.132 e. The number of aromatic nitrogens is 2. The highest BCUT2D eigenvalue weighted by molar-refractivity contribution is 5.92. The maximum atomic E-state index is 5.88. The molecule has 2 aromatic rings. The van der Waals surface area contributed by atoms with Crippen molar-refractivity contribution >= 4 is 22.4 Å². The molecule has 3 N–H and O–H groups in total. The van der Waals surface area contributed by atoms with Gasteiger partial charge in [0.1, 0.15) is 5.82 Å². The molecule has 0 bridgehead atoms. The van der Waals surface area contributed by atoms with Crippen LogP contribution in [-0.2, 0) is 4.74 Å². The lowest BCUT2D eigenvalue weighted by Crippen LogP contribution is -2.31. The Balaban J connectivity index is 1.83. The van der Waals surface area contributed by atoms with E-state index in [1.165, 1.54) is 0 Å². The van der Waals surface area contributed by atoms with Crippen LogP contribution in [0.2, 0.25) is 0 Å². The molecule has 1 aromatic heterocycles. The number of anilines is 2. The first-order valence-corrected chi connectivity index (χ1v) is 6.96. The average Bonchev–Trinajstić information content (AvgIpc) is 3.05. The summed E-state index contributed by atoms with van der Waals surface area (Å²) in [7, 11) is 0. The highest BCUT2D eigenvalue weighted by Gasteiger charge is 2.32. The molecule has 2 atom stereocenters. The van der Waals surface area contributed by atoms with Crippen LogP contribution in [0, 0.1) is 0 Å². The molecule has 19 heavy (non-hydrogen) atoms. The van der Waals surface area contributed by atoms with Crippen LogP contribution in [0.3, 0.4) is 0 Å². The van der Waals surface area contributed by atoms with E-state index in [1.54, 1.807) is 0 Å². The third kappa shape index (κ3) is 1.69. The number of hydrogen-bond donors (Lipinski definition) is 2. The van der Waals surface area contributed by atoms with E-state index < -0.39 is 0 Å². The summed E-state index contributed by atoms with van der Waals surface area (Å²) in [6, 6.07) is 6.25. The van der Waals surface area contributed by atoms with Crippen molar-refractivity contribution in [2.45, 2.75) is 31.4 Å². The van der Waals surface area contributed by atoms with Crippen molar-refractivity contribution in [2.75, 3.05) is 24.2 Å². The zero-order valence-corrected chi connectivity index (χ0v) is 10.8. The fraction of sp³-hybridized carbons (Fsp3) is 0.500. The predicted molar refractivity (Wildman–Crippen MR) is 75.3 cm³/mol. The molecule has 1 fully saturated rings. The van der Waals surface area contributed by atoms with Gasteiger partial charge in [0, 0.05) is 24.2 Å². The van der Waals surface area contributed by atoms with Crippen LogP contribution in [0.4, 0.5) is 11.5 Å². The number of nitrogens with two attached hydrogens (primary N) is 1. The van der Waals surface area contributed by atoms with Gasteiger partial charge >= 0.3 is 0 Å². The molecule has 100 valence electrons. The number of rotatable bonds is 1. The average molecular weight is 258 g/mol. The molecule has 2 unspecified atom stereocenters. The van der Waals surface area contributed by atoms with Gasteiger partial charge in [0.05, 0.1) is 17.7 Å². The molecule has 1 aromatic carbocycles. The highest BCUT2D eigenvalue weighted by atomic mass is 16.5. The largest absolute Gasteiger partial charge is 0.399 e. The number of hydrogen-bond acceptors (Lipinski definition) is 4. The Hall–Kier alpha value is -1.75. The fourth-order valence-electron chi connectivity index (χ4n) is 3.25. The summed E-state index contributed by atoms with van der Waals surface area (Å²) in [5.74, 6) is 1.09. The molecule has 0 amide bonds. The van der Waals surface area contributed by atoms with Crippen LogP contribution < -0.4 is 11.1 Å². The van der Waals surface area contributed by atoms with Crippen LogP contribution in [0.1, 0.15) is 25.3 Å². The zero-order valence-electron chi connectivity index (χ0n) is 10.8. The summed E-state index contributed by atoms with van der Waals surface area (Å²) >= 11 is 0. The minimum absolute atomic E-state index is 0.313. The summed E-state index contributed by atoms with van der Waals surface area (Å²) in [5.41, 5.74) is 7.67. The van der Waals surface area contributed by atoms with Crippen molar-refractivity contribution in [3.8, 4) is 0 Å². The minimum Gasteiger partial charge on any atom is -0.399 e. The summed E-state index contributed by atoms with van der Waals surface area (Å²) in [5, 5.41) is 9.31. The number of ether oxygens (including phenoxy) is 1. The van der Waals surface area contributed by atoms with Gasteiger partial charge in [-0.15, -0.1) is 0 Å². The van der Waals surface area contributed by atoms with Crippen molar-refractivity contribution < 1.29 is 4.74 Å². The Morgan fingerprint density at radius 3 is 3.16 bits per heavy atom. The molecule has 5 heteroatoms. The maximum absolute atomic E-state index is 5.88. The summed E-state index contributed by atoms with van der Waals surface area (Å²) in [6.07, 6.45) is 3.69. The van der Waals surface area contributed by atoms with E-state index in [0.29, 0.717) is 12.1 Å². The first-order valence-electron chi connectivity index (χ1n) is 6.96. The second kappa shape index (κ2) is 4.13. The van der Waals surface area contributed by atoms with E-state index in [4.69, 9.17) is 15.6 Å². The third-order valence-electron chi connectivity index (χ3n) is 4.16. The summed E-state index contributed by atoms with van der Waals surface area (Å²) in [4.78, 5) is 0. The number of nitrogen functional groups attached to an aromatic ring is 1. The van der Waals surface area contributed by atoms with Crippen molar-refractivity contribution in [3.63, 3.8) is 0 Å². The second-order valence-corrected chi connectivity index (χ2v) is 5.40. The smallest absolute Gasteiger partial charge is 0.132 e. The van der Waals surface area contributed by atoms with E-state index in [9.17, 15) is 0 Å². The number of benzene rings is 1.